The van der Waals surface area contributed by atoms with Gasteiger partial charge >= 0.3 is 0 Å². The monoisotopic (exact) mass is 426 g/mol. The number of nitrogens with zero attached hydrogens (tertiary/aromatic N) is 3. The van der Waals surface area contributed by atoms with E-state index in [9.17, 15) is 5.11 Å². The molecule has 0 saturated carbocycles. The van der Waals surface area contributed by atoms with Crippen molar-refractivity contribution in [3.05, 3.63) is 58.1 Å². The predicted molar refractivity (Wildman–Crippen MR) is 111 cm³/mol. The minimum absolute atomic E-state index is 0.0597. The fourth-order valence-corrected chi connectivity index (χ4v) is 3.55. The molecule has 0 aliphatic carbocycles. The number of H-pyrrole nitrogens is 1. The Morgan fingerprint density at radius 3 is 2.81 bits per heavy atom. The molecule has 2 aromatic carbocycles. The minimum atomic E-state index is 0.0597. The van der Waals surface area contributed by atoms with Crippen molar-refractivity contribution in [3.8, 4) is 5.88 Å². The second kappa shape index (κ2) is 7.17. The molecule has 0 unspecified atom stereocenters. The van der Waals surface area contributed by atoms with Gasteiger partial charge in [-0.3, -0.25) is 0 Å². The lowest BCUT2D eigenvalue weighted by molar-refractivity contribution is 0.126. The maximum Gasteiger partial charge on any atom is 0.199 e. The fourth-order valence-electron chi connectivity index (χ4n) is 3.08. The number of hydrogen-bond acceptors (Lipinski definition) is 5. The second-order valence-corrected chi connectivity index (χ2v) is 7.42. The first kappa shape index (κ1) is 17.8. The number of aliphatic imine (C=N–C) groups is 1. The number of aromatic amines is 1. The molecular weight excluding hydrogens is 408 g/mol. The summed E-state index contributed by atoms with van der Waals surface area (Å²) < 4.78 is 0.874. The lowest BCUT2D eigenvalue weighted by atomic mass is 10.0. The van der Waals surface area contributed by atoms with E-state index in [4.69, 9.17) is 9.83 Å². The van der Waals surface area contributed by atoms with Crippen LogP contribution in [0.2, 0.25) is 0 Å². The molecule has 0 saturated heterocycles. The van der Waals surface area contributed by atoms with Gasteiger partial charge in [-0.25, -0.2) is 4.99 Å². The van der Waals surface area contributed by atoms with Crippen molar-refractivity contribution >= 4 is 43.9 Å². The van der Waals surface area contributed by atoms with Crippen molar-refractivity contribution in [3.63, 3.8) is 0 Å². The zero-order valence-corrected chi connectivity index (χ0v) is 16.6. The van der Waals surface area contributed by atoms with E-state index in [2.05, 4.69) is 26.1 Å². The number of benzene rings is 2. The van der Waals surface area contributed by atoms with E-state index in [0.717, 1.165) is 33.2 Å². The summed E-state index contributed by atoms with van der Waals surface area (Å²) in [6, 6.07) is 13.6. The third-order valence-corrected chi connectivity index (χ3v) is 5.06. The average molecular weight is 427 g/mol. The summed E-state index contributed by atoms with van der Waals surface area (Å²) in [5, 5.41) is 15.8. The van der Waals surface area contributed by atoms with Gasteiger partial charge in [0, 0.05) is 22.0 Å². The molecule has 3 aromatic rings. The second-order valence-electron chi connectivity index (χ2n) is 6.56. The SMILES string of the molecule is CN(C)CCO/N=C1/C(c2c(O)[nH]c3c(Br)cccc23)=Nc2ccccc21. The number of aromatic nitrogens is 1. The Morgan fingerprint density at radius 1 is 1.19 bits per heavy atom. The Balaban J connectivity index is 1.81. The van der Waals surface area contributed by atoms with Crippen molar-refractivity contribution < 1.29 is 9.94 Å². The van der Waals surface area contributed by atoms with E-state index >= 15 is 0 Å². The largest absolute Gasteiger partial charge is 0.494 e. The van der Waals surface area contributed by atoms with Gasteiger partial charge in [-0.1, -0.05) is 35.5 Å². The van der Waals surface area contributed by atoms with Gasteiger partial charge in [0.1, 0.15) is 18.0 Å². The standard InChI is InChI=1S/C20H19BrN4O2/c1-25(2)10-11-27-24-18-12-6-3-4-9-15(12)22-19(18)16-13-7-5-8-14(21)17(13)23-20(16)26/h3-9,23,26H,10-11H2,1-2H3/b24-18+. The molecule has 4 rings (SSSR count). The first-order chi connectivity index (χ1) is 13.1. The summed E-state index contributed by atoms with van der Waals surface area (Å²) in [5.74, 6) is 0.0597. The molecule has 2 heterocycles. The van der Waals surface area contributed by atoms with E-state index in [1.54, 1.807) is 0 Å². The quantitative estimate of drug-likeness (QED) is 0.477. The van der Waals surface area contributed by atoms with Crippen molar-refractivity contribution in [2.24, 2.45) is 10.1 Å². The van der Waals surface area contributed by atoms with E-state index in [-0.39, 0.29) is 5.88 Å². The predicted octanol–water partition coefficient (Wildman–Crippen LogP) is 4.05. The highest BCUT2D eigenvalue weighted by Gasteiger charge is 2.29. The molecule has 1 aliphatic heterocycles. The van der Waals surface area contributed by atoms with Gasteiger partial charge in [0.05, 0.1) is 16.8 Å². The first-order valence-corrected chi connectivity index (χ1v) is 9.38. The minimum Gasteiger partial charge on any atom is -0.494 e. The van der Waals surface area contributed by atoms with Gasteiger partial charge in [0.15, 0.2) is 5.88 Å². The molecule has 0 spiro atoms. The molecule has 27 heavy (non-hydrogen) atoms. The van der Waals surface area contributed by atoms with Crippen LogP contribution in [-0.2, 0) is 4.84 Å². The Kier molecular flexibility index (Phi) is 4.72. The molecule has 138 valence electrons. The third-order valence-electron chi connectivity index (χ3n) is 4.40. The van der Waals surface area contributed by atoms with E-state index in [1.165, 1.54) is 0 Å². The van der Waals surface area contributed by atoms with Crippen LogP contribution in [0.25, 0.3) is 10.9 Å². The van der Waals surface area contributed by atoms with E-state index in [0.29, 0.717) is 23.6 Å². The molecule has 1 aliphatic rings. The van der Waals surface area contributed by atoms with Crippen LogP contribution in [0.5, 0.6) is 5.88 Å². The molecule has 0 bridgehead atoms. The van der Waals surface area contributed by atoms with Crippen LogP contribution < -0.4 is 0 Å². The summed E-state index contributed by atoms with van der Waals surface area (Å²) in [6.07, 6.45) is 0. The van der Waals surface area contributed by atoms with Crippen molar-refractivity contribution in [2.75, 3.05) is 27.2 Å². The molecule has 2 N–H and O–H groups in total. The lowest BCUT2D eigenvalue weighted by Gasteiger charge is -2.09. The highest BCUT2D eigenvalue weighted by molar-refractivity contribution is 9.10. The van der Waals surface area contributed by atoms with Crippen molar-refractivity contribution in [1.82, 2.24) is 9.88 Å². The summed E-state index contributed by atoms with van der Waals surface area (Å²) in [4.78, 5) is 15.3. The number of halogens is 1. The number of nitrogens with one attached hydrogen (secondary N) is 1. The van der Waals surface area contributed by atoms with Gasteiger partial charge in [-0.05, 0) is 42.2 Å². The highest BCUT2D eigenvalue weighted by atomic mass is 79.9. The number of aromatic hydroxyl groups is 1. The van der Waals surface area contributed by atoms with E-state index in [1.807, 2.05) is 61.5 Å². The summed E-state index contributed by atoms with van der Waals surface area (Å²) in [6.45, 7) is 1.23. The Bertz CT molecular complexity index is 1070. The third kappa shape index (κ3) is 3.24. The fraction of sp³-hybridized carbons (Fsp3) is 0.200. The molecule has 1 aromatic heterocycles. The van der Waals surface area contributed by atoms with Crippen LogP contribution in [0.15, 0.2) is 57.1 Å². The normalized spacial score (nSPS) is 14.8. The summed E-state index contributed by atoms with van der Waals surface area (Å²) in [5.41, 5.74) is 4.37. The van der Waals surface area contributed by atoms with Crippen LogP contribution >= 0.6 is 15.9 Å². The Labute approximate surface area is 165 Å². The average Bonchev–Trinajstić information content (AvgIpc) is 3.16. The van der Waals surface area contributed by atoms with Crippen molar-refractivity contribution in [2.45, 2.75) is 0 Å². The molecular formula is C20H19BrN4O2. The first-order valence-electron chi connectivity index (χ1n) is 8.59. The van der Waals surface area contributed by atoms with Crippen LogP contribution in [-0.4, -0.2) is 53.7 Å². The van der Waals surface area contributed by atoms with Gasteiger partial charge < -0.3 is 19.8 Å². The maximum absolute atomic E-state index is 10.6. The van der Waals surface area contributed by atoms with E-state index < -0.39 is 0 Å². The topological polar surface area (TPSA) is 73.2 Å². The highest BCUT2D eigenvalue weighted by Crippen LogP contribution is 2.37. The molecule has 0 radical (unpaired) electrons. The molecule has 6 nitrogen and oxygen atoms in total. The van der Waals surface area contributed by atoms with Crippen LogP contribution in [0.4, 0.5) is 5.69 Å². The van der Waals surface area contributed by atoms with Crippen molar-refractivity contribution in [1.29, 1.82) is 0 Å². The summed E-state index contributed by atoms with van der Waals surface area (Å²) in [7, 11) is 3.96. The number of likely N-dealkylation sites (N-methyl/N-ethyl adjacent to an activating group) is 1. The number of oxime groups is 1. The molecule has 0 fully saturated rings. The zero-order chi connectivity index (χ0) is 19.0. The van der Waals surface area contributed by atoms with Crippen LogP contribution in [0.3, 0.4) is 0 Å². The Hall–Kier alpha value is -2.64. The number of para-hydroxylation sites is 2. The van der Waals surface area contributed by atoms with Crippen LogP contribution in [0.1, 0.15) is 11.1 Å². The van der Waals surface area contributed by atoms with Gasteiger partial charge in [0.25, 0.3) is 0 Å². The Morgan fingerprint density at radius 2 is 2.00 bits per heavy atom. The van der Waals surface area contributed by atoms with Gasteiger partial charge in [0.2, 0.25) is 0 Å². The lowest BCUT2D eigenvalue weighted by Crippen LogP contribution is -2.18. The molecule has 7 heteroatoms. The number of fused-ring (bicyclic) bond motifs is 2. The zero-order valence-electron chi connectivity index (χ0n) is 15.0. The summed E-state index contributed by atoms with van der Waals surface area (Å²) >= 11 is 3.52. The number of rotatable bonds is 5. The smallest absolute Gasteiger partial charge is 0.199 e. The molecule has 0 amide bonds. The number of hydrogen-bond donors (Lipinski definition) is 2. The molecule has 0 atom stereocenters. The maximum atomic E-state index is 10.6. The van der Waals surface area contributed by atoms with Gasteiger partial charge in [-0.2, -0.15) is 0 Å². The van der Waals surface area contributed by atoms with Crippen LogP contribution in [0, 0.1) is 0 Å². The van der Waals surface area contributed by atoms with Gasteiger partial charge in [-0.15, -0.1) is 0 Å².